The fourth-order valence-corrected chi connectivity index (χ4v) is 7.71. The molecule has 2 aliphatic carbocycles. The summed E-state index contributed by atoms with van der Waals surface area (Å²) in [5, 5.41) is 1.62. The maximum absolute atomic E-state index is 12.9. The standard InChI is InChI=1S/C17H17Cl4NO4/c1-2-3-4-25-22-14(23)6-7(15(22)24)11-9-8(10(6)26-11)16(20)5-17(9,21)13(19)12(16)18/h6-11H,2-5H2,1H3. The summed E-state index contributed by atoms with van der Waals surface area (Å²) >= 11 is 26.5. The van der Waals surface area contributed by atoms with Crippen molar-refractivity contribution >= 4 is 58.2 Å². The average molecular weight is 441 g/mol. The van der Waals surface area contributed by atoms with Crippen molar-refractivity contribution in [3.05, 3.63) is 10.1 Å². The number of hydroxylamine groups is 2. The molecule has 8 unspecified atom stereocenters. The van der Waals surface area contributed by atoms with Gasteiger partial charge in [-0.25, -0.2) is 0 Å². The van der Waals surface area contributed by atoms with Gasteiger partial charge in [-0.15, -0.1) is 23.2 Å². The SMILES string of the molecule is CCCCON1C(=O)C2C3OC(C2C1=O)C1C3C2(Cl)CC1(Cl)C(Cl)=C2Cl. The van der Waals surface area contributed by atoms with Crippen molar-refractivity contribution in [2.45, 2.75) is 48.1 Å². The van der Waals surface area contributed by atoms with Crippen LogP contribution in [-0.4, -0.2) is 45.4 Å². The van der Waals surface area contributed by atoms with Gasteiger partial charge in [0.25, 0.3) is 11.8 Å². The van der Waals surface area contributed by atoms with Gasteiger partial charge < -0.3 is 4.74 Å². The summed E-state index contributed by atoms with van der Waals surface area (Å²) in [6.07, 6.45) is 1.08. The Hall–Kier alpha value is -0.0400. The Balaban J connectivity index is 1.50. The Morgan fingerprint density at radius 1 is 1.08 bits per heavy atom. The fraction of sp³-hybridized carbons (Fsp3) is 0.765. The van der Waals surface area contributed by atoms with Crippen molar-refractivity contribution in [2.24, 2.45) is 23.7 Å². The Morgan fingerprint density at radius 2 is 1.58 bits per heavy atom. The molecule has 0 aromatic rings. The zero-order chi connectivity index (χ0) is 18.6. The van der Waals surface area contributed by atoms with Crippen LogP contribution in [0.3, 0.4) is 0 Å². The molecule has 0 N–H and O–H groups in total. The highest BCUT2D eigenvalue weighted by molar-refractivity contribution is 6.51. The van der Waals surface area contributed by atoms with Gasteiger partial charge in [-0.3, -0.25) is 14.4 Å². The summed E-state index contributed by atoms with van der Waals surface area (Å²) in [4.78, 5) is 29.3. The monoisotopic (exact) mass is 439 g/mol. The van der Waals surface area contributed by atoms with Crippen LogP contribution < -0.4 is 0 Å². The van der Waals surface area contributed by atoms with E-state index in [2.05, 4.69) is 0 Å². The van der Waals surface area contributed by atoms with Crippen LogP contribution in [0.25, 0.3) is 0 Å². The number of amides is 2. The minimum atomic E-state index is -0.935. The Kier molecular flexibility index (Phi) is 3.82. The lowest BCUT2D eigenvalue weighted by molar-refractivity contribution is -0.192. The van der Waals surface area contributed by atoms with Gasteiger partial charge in [0, 0.05) is 11.8 Å². The molecule has 3 heterocycles. The molecule has 142 valence electrons. The molecule has 3 saturated heterocycles. The highest BCUT2D eigenvalue weighted by atomic mass is 35.5. The number of ether oxygens (including phenoxy) is 1. The number of imide groups is 1. The van der Waals surface area contributed by atoms with Crippen molar-refractivity contribution < 1.29 is 19.2 Å². The topological polar surface area (TPSA) is 55.8 Å². The predicted octanol–water partition coefficient (Wildman–Crippen LogP) is 3.39. The van der Waals surface area contributed by atoms with Gasteiger partial charge in [-0.2, -0.15) is 5.06 Å². The minimum absolute atomic E-state index is 0.241. The maximum atomic E-state index is 12.9. The number of alkyl halides is 2. The Morgan fingerprint density at radius 3 is 2.04 bits per heavy atom. The Bertz CT molecular complexity index is 705. The molecule has 0 aromatic heterocycles. The van der Waals surface area contributed by atoms with Crippen molar-refractivity contribution in [3.63, 3.8) is 0 Å². The first-order chi connectivity index (χ1) is 12.3. The zero-order valence-corrected chi connectivity index (χ0v) is 16.9. The van der Waals surface area contributed by atoms with Crippen LogP contribution in [0.5, 0.6) is 0 Å². The van der Waals surface area contributed by atoms with E-state index in [1.807, 2.05) is 6.92 Å². The molecule has 0 spiro atoms. The van der Waals surface area contributed by atoms with Crippen molar-refractivity contribution in [3.8, 4) is 0 Å². The molecule has 8 atom stereocenters. The molecule has 2 amide bonds. The van der Waals surface area contributed by atoms with Crippen molar-refractivity contribution in [1.29, 1.82) is 0 Å². The number of halogens is 4. The van der Waals surface area contributed by atoms with Gasteiger partial charge in [-0.05, 0) is 12.8 Å². The summed E-state index contributed by atoms with van der Waals surface area (Å²) in [5.41, 5.74) is 0. The normalized spacial score (nSPS) is 51.0. The third-order valence-corrected chi connectivity index (χ3v) is 9.18. The number of fused-ring (bicyclic) bond motifs is 12. The molecular weight excluding hydrogens is 424 g/mol. The molecular formula is C17H17Cl4NO4. The number of carbonyl (C=O) groups excluding carboxylic acids is 2. The van der Waals surface area contributed by atoms with Gasteiger partial charge in [0.2, 0.25) is 0 Å². The molecule has 0 aromatic carbocycles. The van der Waals surface area contributed by atoms with Gasteiger partial charge in [0.15, 0.2) is 0 Å². The quantitative estimate of drug-likeness (QED) is 0.382. The zero-order valence-electron chi connectivity index (χ0n) is 13.9. The second-order valence-corrected chi connectivity index (χ2v) is 9.96. The minimum Gasteiger partial charge on any atom is -0.373 e. The molecule has 1 saturated carbocycles. The number of nitrogens with zero attached hydrogens (tertiary/aromatic N) is 1. The molecule has 0 radical (unpaired) electrons. The lowest BCUT2D eigenvalue weighted by Gasteiger charge is -2.40. The highest BCUT2D eigenvalue weighted by Gasteiger charge is 2.82. The number of allylic oxidation sites excluding steroid dienone is 2. The van der Waals surface area contributed by atoms with Crippen LogP contribution in [0.2, 0.25) is 0 Å². The lowest BCUT2D eigenvalue weighted by Crippen LogP contribution is -2.50. The molecule has 5 rings (SSSR count). The van der Waals surface area contributed by atoms with E-state index in [1.54, 1.807) is 0 Å². The van der Waals surface area contributed by atoms with Gasteiger partial charge in [-0.1, -0.05) is 36.5 Å². The van der Waals surface area contributed by atoms with E-state index in [1.165, 1.54) is 0 Å². The summed E-state index contributed by atoms with van der Waals surface area (Å²) in [6, 6.07) is 0. The fourth-order valence-electron chi connectivity index (χ4n) is 5.69. The second-order valence-electron chi connectivity index (χ2n) is 7.86. The van der Waals surface area contributed by atoms with Crippen LogP contribution >= 0.6 is 46.4 Å². The van der Waals surface area contributed by atoms with Gasteiger partial charge in [0.05, 0.1) is 50.5 Å². The Labute approximate surface area is 170 Å². The summed E-state index contributed by atoms with van der Waals surface area (Å²) in [5.74, 6) is -2.35. The van der Waals surface area contributed by atoms with Crippen LogP contribution in [0, 0.1) is 23.7 Å². The van der Waals surface area contributed by atoms with E-state index < -0.39 is 33.8 Å². The summed E-state index contributed by atoms with van der Waals surface area (Å²) < 4.78 is 6.09. The van der Waals surface area contributed by atoms with Crippen LogP contribution in [-0.2, 0) is 19.2 Å². The number of unbranched alkanes of at least 4 members (excludes halogenated alkanes) is 1. The molecule has 9 heteroatoms. The first kappa shape index (κ1) is 18.0. The molecule has 5 nitrogen and oxygen atoms in total. The largest absolute Gasteiger partial charge is 0.373 e. The smallest absolute Gasteiger partial charge is 0.260 e. The van der Waals surface area contributed by atoms with E-state index in [0.29, 0.717) is 23.1 Å². The molecule has 4 bridgehead atoms. The van der Waals surface area contributed by atoms with Crippen LogP contribution in [0.15, 0.2) is 10.1 Å². The van der Waals surface area contributed by atoms with Gasteiger partial charge in [0.1, 0.15) is 0 Å². The molecule has 4 fully saturated rings. The number of rotatable bonds is 4. The number of hydrogen-bond acceptors (Lipinski definition) is 4. The third kappa shape index (κ3) is 1.84. The molecule has 5 aliphatic rings. The second kappa shape index (κ2) is 5.52. The summed E-state index contributed by atoms with van der Waals surface area (Å²) in [7, 11) is 0. The average Bonchev–Trinajstić information content (AvgIpc) is 3.32. The first-order valence-electron chi connectivity index (χ1n) is 8.87. The van der Waals surface area contributed by atoms with E-state index in [-0.39, 0.29) is 23.7 Å². The summed E-state index contributed by atoms with van der Waals surface area (Å²) in [6.45, 7) is 2.34. The van der Waals surface area contributed by atoms with E-state index >= 15 is 0 Å². The molecule has 26 heavy (non-hydrogen) atoms. The predicted molar refractivity (Wildman–Crippen MR) is 95.9 cm³/mol. The third-order valence-electron chi connectivity index (χ3n) is 6.69. The van der Waals surface area contributed by atoms with E-state index in [4.69, 9.17) is 56.0 Å². The molecule has 3 aliphatic heterocycles. The van der Waals surface area contributed by atoms with Gasteiger partial charge >= 0.3 is 0 Å². The van der Waals surface area contributed by atoms with Crippen LogP contribution in [0.4, 0.5) is 0 Å². The van der Waals surface area contributed by atoms with Crippen molar-refractivity contribution in [2.75, 3.05) is 6.61 Å². The number of carbonyl (C=O) groups is 2. The number of hydrogen-bond donors (Lipinski definition) is 0. The van der Waals surface area contributed by atoms with Crippen LogP contribution in [0.1, 0.15) is 26.2 Å². The van der Waals surface area contributed by atoms with E-state index in [0.717, 1.165) is 17.9 Å². The van der Waals surface area contributed by atoms with Crippen molar-refractivity contribution in [1.82, 2.24) is 5.06 Å². The first-order valence-corrected chi connectivity index (χ1v) is 10.4. The lowest BCUT2D eigenvalue weighted by atomic mass is 9.65. The van der Waals surface area contributed by atoms with E-state index in [9.17, 15) is 9.59 Å². The maximum Gasteiger partial charge on any atom is 0.260 e. The highest BCUT2D eigenvalue weighted by Crippen LogP contribution is 2.75.